The van der Waals surface area contributed by atoms with Gasteiger partial charge in [0.05, 0.1) is 28.8 Å². The molecule has 4 heteroatoms. The van der Waals surface area contributed by atoms with Gasteiger partial charge in [0.1, 0.15) is 6.33 Å². The minimum absolute atomic E-state index is 0.467. The van der Waals surface area contributed by atoms with Gasteiger partial charge in [0.25, 0.3) is 0 Å². The van der Waals surface area contributed by atoms with Crippen molar-refractivity contribution in [1.82, 2.24) is 9.55 Å². The van der Waals surface area contributed by atoms with E-state index >= 15 is 0 Å². The van der Waals surface area contributed by atoms with Crippen molar-refractivity contribution in [3.05, 3.63) is 84.2 Å². The van der Waals surface area contributed by atoms with Crippen molar-refractivity contribution in [1.29, 1.82) is 5.26 Å². The number of hydrogen-bond acceptors (Lipinski definition) is 3. The monoisotopic (exact) mass is 353 g/mol. The maximum Gasteiger partial charge on any atom is 0.100 e. The van der Waals surface area contributed by atoms with Crippen LogP contribution in [0.4, 0.5) is 0 Å². The van der Waals surface area contributed by atoms with E-state index in [0.29, 0.717) is 12.0 Å². The molecular weight excluding hydrogens is 334 g/mol. The first-order chi connectivity index (χ1) is 13.2. The first-order valence-electron chi connectivity index (χ1n) is 8.96. The number of aromatic nitrogens is 2. The Morgan fingerprint density at radius 1 is 1.07 bits per heavy atom. The van der Waals surface area contributed by atoms with Gasteiger partial charge in [-0.15, -0.1) is 0 Å². The van der Waals surface area contributed by atoms with E-state index in [-0.39, 0.29) is 0 Å². The van der Waals surface area contributed by atoms with E-state index in [4.69, 9.17) is 0 Å². The second kappa shape index (κ2) is 7.06. The van der Waals surface area contributed by atoms with Gasteiger partial charge in [-0.05, 0) is 53.4 Å². The molecule has 0 radical (unpaired) electrons. The third-order valence-electron chi connectivity index (χ3n) is 4.83. The molecule has 1 heterocycles. The molecular formula is C23H19N3O. The molecule has 1 atom stereocenters. The molecule has 3 aromatic carbocycles. The third kappa shape index (κ3) is 3.10. The highest BCUT2D eigenvalue weighted by Gasteiger charge is 2.11. The Morgan fingerprint density at radius 2 is 1.93 bits per heavy atom. The van der Waals surface area contributed by atoms with Crippen molar-refractivity contribution in [3.63, 3.8) is 0 Å². The largest absolute Gasteiger partial charge is 0.388 e. The highest BCUT2D eigenvalue weighted by atomic mass is 16.3. The van der Waals surface area contributed by atoms with Gasteiger partial charge in [-0.3, -0.25) is 4.57 Å². The van der Waals surface area contributed by atoms with Crippen molar-refractivity contribution in [3.8, 4) is 22.9 Å². The van der Waals surface area contributed by atoms with E-state index in [1.807, 2.05) is 72.2 Å². The van der Waals surface area contributed by atoms with Gasteiger partial charge in [0.2, 0.25) is 0 Å². The summed E-state index contributed by atoms with van der Waals surface area (Å²) in [5.41, 5.74) is 6.25. The second-order valence-electron chi connectivity index (χ2n) is 6.49. The zero-order valence-electron chi connectivity index (χ0n) is 15.0. The summed E-state index contributed by atoms with van der Waals surface area (Å²) in [5.74, 6) is 0. The van der Waals surface area contributed by atoms with Gasteiger partial charge in [-0.25, -0.2) is 4.98 Å². The van der Waals surface area contributed by atoms with Crippen molar-refractivity contribution in [2.75, 3.05) is 0 Å². The minimum Gasteiger partial charge on any atom is -0.388 e. The van der Waals surface area contributed by atoms with Crippen LogP contribution < -0.4 is 0 Å². The van der Waals surface area contributed by atoms with Crippen molar-refractivity contribution in [2.24, 2.45) is 0 Å². The van der Waals surface area contributed by atoms with Crippen LogP contribution in [0.2, 0.25) is 0 Å². The van der Waals surface area contributed by atoms with Crippen LogP contribution in [0.3, 0.4) is 0 Å². The fraction of sp³-hybridized carbons (Fsp3) is 0.130. The van der Waals surface area contributed by atoms with E-state index in [1.54, 1.807) is 6.33 Å². The number of nitrogens with zero attached hydrogens (tertiary/aromatic N) is 3. The van der Waals surface area contributed by atoms with Crippen molar-refractivity contribution < 1.29 is 5.11 Å². The molecule has 0 saturated carbocycles. The van der Waals surface area contributed by atoms with E-state index in [1.165, 1.54) is 0 Å². The van der Waals surface area contributed by atoms with Crippen molar-refractivity contribution >= 4 is 11.0 Å². The van der Waals surface area contributed by atoms with Crippen molar-refractivity contribution in [2.45, 2.75) is 19.4 Å². The molecule has 1 unspecified atom stereocenters. The summed E-state index contributed by atoms with van der Waals surface area (Å²) in [5, 5.41) is 19.4. The maximum absolute atomic E-state index is 10.1. The Hall–Kier alpha value is -3.42. The number of hydrogen-bond donors (Lipinski definition) is 1. The number of benzene rings is 3. The molecule has 0 aliphatic heterocycles. The SMILES string of the molecule is CCC(O)c1ccc2c(c1)ncn2-c1cccc(-c2ccccc2C#N)c1. The van der Waals surface area contributed by atoms with Gasteiger partial charge in [-0.2, -0.15) is 5.26 Å². The van der Waals surface area contributed by atoms with Gasteiger partial charge in [0.15, 0.2) is 0 Å². The lowest BCUT2D eigenvalue weighted by Crippen LogP contribution is -1.96. The van der Waals surface area contributed by atoms with Crippen LogP contribution in [-0.2, 0) is 0 Å². The van der Waals surface area contributed by atoms with Crippen LogP contribution in [0.15, 0.2) is 73.1 Å². The van der Waals surface area contributed by atoms with E-state index in [0.717, 1.165) is 33.4 Å². The Bertz CT molecular complexity index is 1150. The molecule has 27 heavy (non-hydrogen) atoms. The molecule has 4 rings (SSSR count). The molecule has 0 fully saturated rings. The molecule has 1 N–H and O–H groups in total. The lowest BCUT2D eigenvalue weighted by molar-refractivity contribution is 0.174. The van der Waals surface area contributed by atoms with E-state index in [9.17, 15) is 10.4 Å². The standard InChI is InChI=1S/C23H19N3O/c1-2-23(27)17-10-11-22-21(13-17)25-15-26(22)19-8-5-7-16(12-19)20-9-4-3-6-18(20)14-24/h3-13,15,23,27H,2H2,1H3. The number of rotatable bonds is 4. The molecule has 4 nitrogen and oxygen atoms in total. The summed E-state index contributed by atoms with van der Waals surface area (Å²) in [6.07, 6.45) is 2.00. The fourth-order valence-electron chi connectivity index (χ4n) is 3.33. The van der Waals surface area contributed by atoms with E-state index < -0.39 is 6.10 Å². The summed E-state index contributed by atoms with van der Waals surface area (Å²) < 4.78 is 2.02. The molecule has 0 amide bonds. The predicted molar refractivity (Wildman–Crippen MR) is 106 cm³/mol. The van der Waals surface area contributed by atoms with Gasteiger partial charge < -0.3 is 5.11 Å². The Morgan fingerprint density at radius 3 is 2.74 bits per heavy atom. The summed E-state index contributed by atoms with van der Waals surface area (Å²) in [6.45, 7) is 1.96. The first kappa shape index (κ1) is 17.0. The highest BCUT2D eigenvalue weighted by Crippen LogP contribution is 2.28. The number of aliphatic hydroxyl groups is 1. The minimum atomic E-state index is -0.467. The Kier molecular flexibility index (Phi) is 4.45. The first-order valence-corrected chi connectivity index (χ1v) is 8.96. The topological polar surface area (TPSA) is 61.8 Å². The van der Waals surface area contributed by atoms with Crippen LogP contribution in [-0.4, -0.2) is 14.7 Å². The Labute approximate surface area is 158 Å². The van der Waals surface area contributed by atoms with Crippen LogP contribution in [0.1, 0.15) is 30.6 Å². The molecule has 0 spiro atoms. The quantitative estimate of drug-likeness (QED) is 0.561. The molecule has 132 valence electrons. The van der Waals surface area contributed by atoms with Crippen LogP contribution in [0, 0.1) is 11.3 Å². The van der Waals surface area contributed by atoms with E-state index in [2.05, 4.69) is 17.1 Å². The zero-order valence-corrected chi connectivity index (χ0v) is 15.0. The number of imidazole rings is 1. The maximum atomic E-state index is 10.1. The summed E-state index contributed by atoms with van der Waals surface area (Å²) in [4.78, 5) is 4.51. The molecule has 0 aliphatic carbocycles. The third-order valence-corrected chi connectivity index (χ3v) is 4.83. The lowest BCUT2D eigenvalue weighted by Gasteiger charge is -2.10. The van der Waals surface area contributed by atoms with Gasteiger partial charge >= 0.3 is 0 Å². The van der Waals surface area contributed by atoms with Crippen LogP contribution in [0.5, 0.6) is 0 Å². The predicted octanol–water partition coefficient (Wildman–Crippen LogP) is 5.01. The second-order valence-corrected chi connectivity index (χ2v) is 6.49. The smallest absolute Gasteiger partial charge is 0.100 e. The summed E-state index contributed by atoms with van der Waals surface area (Å²) in [6, 6.07) is 23.8. The number of nitriles is 1. The number of fused-ring (bicyclic) bond motifs is 1. The van der Waals surface area contributed by atoms with Crippen LogP contribution >= 0.6 is 0 Å². The summed E-state index contributed by atoms with van der Waals surface area (Å²) >= 11 is 0. The van der Waals surface area contributed by atoms with Gasteiger partial charge in [-0.1, -0.05) is 43.3 Å². The molecule has 1 aromatic heterocycles. The molecule has 0 bridgehead atoms. The average Bonchev–Trinajstić information content (AvgIpc) is 3.16. The highest BCUT2D eigenvalue weighted by molar-refractivity contribution is 5.79. The fourth-order valence-corrected chi connectivity index (χ4v) is 3.33. The normalized spacial score (nSPS) is 12.0. The molecule has 0 aliphatic rings. The van der Waals surface area contributed by atoms with Crippen LogP contribution in [0.25, 0.3) is 27.8 Å². The lowest BCUT2D eigenvalue weighted by atomic mass is 10.00. The molecule has 0 saturated heterocycles. The zero-order chi connectivity index (χ0) is 18.8. The summed E-state index contributed by atoms with van der Waals surface area (Å²) in [7, 11) is 0. The Balaban J connectivity index is 1.80. The number of aliphatic hydroxyl groups excluding tert-OH is 1. The molecule has 4 aromatic rings. The van der Waals surface area contributed by atoms with Gasteiger partial charge in [0, 0.05) is 5.69 Å². The average molecular weight is 353 g/mol.